The Balaban J connectivity index is 2.92. The van der Waals surface area contributed by atoms with E-state index in [0.717, 1.165) is 18.2 Å². The minimum Gasteiger partial charge on any atom is -0.371 e. The summed E-state index contributed by atoms with van der Waals surface area (Å²) < 4.78 is 26.1. The van der Waals surface area contributed by atoms with E-state index in [1.54, 1.807) is 7.05 Å². The number of hydrogen-bond donors (Lipinski definition) is 1. The number of anilines is 1. The summed E-state index contributed by atoms with van der Waals surface area (Å²) in [6.45, 7) is 1.99. The lowest BCUT2D eigenvalue weighted by Crippen LogP contribution is -2.00. The first-order chi connectivity index (χ1) is 6.69. The van der Waals surface area contributed by atoms with Crippen LogP contribution in [0.25, 0.3) is 0 Å². The zero-order valence-corrected chi connectivity index (χ0v) is 8.92. The monoisotopic (exact) mass is 218 g/mol. The molecular formula is C9H12F2N2S. The van der Waals surface area contributed by atoms with Gasteiger partial charge in [0.15, 0.2) is 17.5 Å². The Bertz CT molecular complexity index is 318. The molecule has 14 heavy (non-hydrogen) atoms. The first-order valence-electron chi connectivity index (χ1n) is 4.35. The van der Waals surface area contributed by atoms with Crippen LogP contribution in [0, 0.1) is 11.6 Å². The second kappa shape index (κ2) is 5.14. The molecule has 0 spiro atoms. The largest absolute Gasteiger partial charge is 0.371 e. The van der Waals surface area contributed by atoms with E-state index in [1.165, 1.54) is 11.8 Å². The fourth-order valence-corrected chi connectivity index (χ4v) is 1.68. The molecule has 2 nitrogen and oxygen atoms in total. The van der Waals surface area contributed by atoms with Crippen molar-refractivity contribution in [3.05, 3.63) is 17.7 Å². The molecule has 0 amide bonds. The summed E-state index contributed by atoms with van der Waals surface area (Å²) in [7, 11) is 1.55. The van der Waals surface area contributed by atoms with Gasteiger partial charge in [-0.3, -0.25) is 0 Å². The molecule has 1 heterocycles. The van der Waals surface area contributed by atoms with E-state index in [-0.39, 0.29) is 10.8 Å². The van der Waals surface area contributed by atoms with Crippen molar-refractivity contribution in [1.82, 2.24) is 4.98 Å². The topological polar surface area (TPSA) is 24.9 Å². The predicted octanol–water partition coefficient (Wildman–Crippen LogP) is 2.90. The lowest BCUT2D eigenvalue weighted by atomic mass is 10.4. The van der Waals surface area contributed by atoms with Gasteiger partial charge in [0, 0.05) is 13.1 Å². The van der Waals surface area contributed by atoms with Crippen LogP contribution in [0.1, 0.15) is 13.3 Å². The maximum atomic E-state index is 13.1. The zero-order chi connectivity index (χ0) is 10.6. The lowest BCUT2D eigenvalue weighted by molar-refractivity contribution is 0.551. The van der Waals surface area contributed by atoms with Crippen LogP contribution in [0.5, 0.6) is 0 Å². The average molecular weight is 218 g/mol. The van der Waals surface area contributed by atoms with Crippen LogP contribution in [-0.2, 0) is 0 Å². The standard InChI is InChI=1S/C9H12F2N2S/c1-3-4-14-9-7(11)5-6(10)8(12-2)13-9/h5H,3-4H2,1-2H3,(H,12,13). The van der Waals surface area contributed by atoms with Crippen molar-refractivity contribution in [3.63, 3.8) is 0 Å². The Hall–Kier alpha value is -0.840. The smallest absolute Gasteiger partial charge is 0.168 e. The van der Waals surface area contributed by atoms with Gasteiger partial charge in [0.05, 0.1) is 0 Å². The van der Waals surface area contributed by atoms with Gasteiger partial charge >= 0.3 is 0 Å². The first-order valence-corrected chi connectivity index (χ1v) is 5.34. The number of pyridine rings is 1. The highest BCUT2D eigenvalue weighted by Gasteiger charge is 2.10. The van der Waals surface area contributed by atoms with Crippen molar-refractivity contribution in [2.24, 2.45) is 0 Å². The summed E-state index contributed by atoms with van der Waals surface area (Å²) in [5, 5.41) is 2.82. The van der Waals surface area contributed by atoms with Crippen LogP contribution < -0.4 is 5.32 Å². The Morgan fingerprint density at radius 1 is 1.43 bits per heavy atom. The van der Waals surface area contributed by atoms with E-state index in [4.69, 9.17) is 0 Å². The molecule has 0 fully saturated rings. The molecule has 0 aliphatic rings. The Kier molecular flexibility index (Phi) is 4.13. The number of aromatic nitrogens is 1. The van der Waals surface area contributed by atoms with Gasteiger partial charge in [-0.2, -0.15) is 0 Å². The summed E-state index contributed by atoms with van der Waals surface area (Å²) in [4.78, 5) is 3.83. The predicted molar refractivity (Wildman–Crippen MR) is 54.7 cm³/mol. The number of hydrogen-bond acceptors (Lipinski definition) is 3. The third-order valence-electron chi connectivity index (χ3n) is 1.58. The van der Waals surface area contributed by atoms with Crippen LogP contribution in [-0.4, -0.2) is 17.8 Å². The average Bonchev–Trinajstić information content (AvgIpc) is 2.17. The molecule has 0 aliphatic carbocycles. The third kappa shape index (κ3) is 2.57. The number of rotatable bonds is 4. The molecule has 1 aromatic rings. The van der Waals surface area contributed by atoms with E-state index in [0.29, 0.717) is 0 Å². The third-order valence-corrected chi connectivity index (χ3v) is 2.75. The van der Waals surface area contributed by atoms with Crippen molar-refractivity contribution in [3.8, 4) is 0 Å². The quantitative estimate of drug-likeness (QED) is 0.786. The van der Waals surface area contributed by atoms with E-state index < -0.39 is 11.6 Å². The molecule has 0 bridgehead atoms. The Morgan fingerprint density at radius 3 is 2.71 bits per heavy atom. The molecule has 1 N–H and O–H groups in total. The SMILES string of the molecule is CCCSc1nc(NC)c(F)cc1F. The highest BCUT2D eigenvalue weighted by atomic mass is 32.2. The number of nitrogens with zero attached hydrogens (tertiary/aromatic N) is 1. The lowest BCUT2D eigenvalue weighted by Gasteiger charge is -2.05. The van der Waals surface area contributed by atoms with Crippen LogP contribution >= 0.6 is 11.8 Å². The second-order valence-electron chi connectivity index (χ2n) is 2.70. The van der Waals surface area contributed by atoms with Gasteiger partial charge in [0.25, 0.3) is 0 Å². The van der Waals surface area contributed by atoms with Crippen LogP contribution in [0.2, 0.25) is 0 Å². The van der Waals surface area contributed by atoms with Gasteiger partial charge in [-0.15, -0.1) is 11.8 Å². The molecule has 78 valence electrons. The van der Waals surface area contributed by atoms with Gasteiger partial charge in [0.1, 0.15) is 5.03 Å². The van der Waals surface area contributed by atoms with E-state index in [2.05, 4.69) is 10.3 Å². The number of thioether (sulfide) groups is 1. The minimum absolute atomic E-state index is 0.0880. The highest BCUT2D eigenvalue weighted by Crippen LogP contribution is 2.23. The highest BCUT2D eigenvalue weighted by molar-refractivity contribution is 7.99. The van der Waals surface area contributed by atoms with Crippen molar-refractivity contribution in [1.29, 1.82) is 0 Å². The van der Waals surface area contributed by atoms with Gasteiger partial charge in [-0.25, -0.2) is 13.8 Å². The normalized spacial score (nSPS) is 10.3. The van der Waals surface area contributed by atoms with E-state index >= 15 is 0 Å². The summed E-state index contributed by atoms with van der Waals surface area (Å²) >= 11 is 1.29. The second-order valence-corrected chi connectivity index (χ2v) is 3.79. The molecule has 0 aliphatic heterocycles. The molecule has 0 radical (unpaired) electrons. The molecular weight excluding hydrogens is 206 g/mol. The van der Waals surface area contributed by atoms with E-state index in [1.807, 2.05) is 6.92 Å². The first kappa shape index (κ1) is 11.2. The Morgan fingerprint density at radius 2 is 2.14 bits per heavy atom. The number of halogens is 2. The summed E-state index contributed by atoms with van der Waals surface area (Å²) in [6.07, 6.45) is 0.929. The van der Waals surface area contributed by atoms with E-state index in [9.17, 15) is 8.78 Å². The maximum Gasteiger partial charge on any atom is 0.168 e. The number of nitrogens with one attached hydrogen (secondary N) is 1. The molecule has 1 rings (SSSR count). The molecule has 0 saturated heterocycles. The molecule has 0 atom stereocenters. The van der Waals surface area contributed by atoms with Crippen molar-refractivity contribution < 1.29 is 8.78 Å². The van der Waals surface area contributed by atoms with Gasteiger partial charge in [-0.1, -0.05) is 6.92 Å². The van der Waals surface area contributed by atoms with Crippen LogP contribution in [0.4, 0.5) is 14.6 Å². The maximum absolute atomic E-state index is 13.1. The van der Waals surface area contributed by atoms with Crippen molar-refractivity contribution in [2.45, 2.75) is 18.4 Å². The van der Waals surface area contributed by atoms with Gasteiger partial charge in [0.2, 0.25) is 0 Å². The molecule has 5 heteroatoms. The van der Waals surface area contributed by atoms with Crippen molar-refractivity contribution >= 4 is 17.6 Å². The fraction of sp³-hybridized carbons (Fsp3) is 0.444. The summed E-state index contributed by atoms with van der Waals surface area (Å²) in [5.74, 6) is -0.394. The molecule has 1 aromatic heterocycles. The van der Waals surface area contributed by atoms with Crippen molar-refractivity contribution in [2.75, 3.05) is 18.1 Å². The Labute approximate surface area is 86.1 Å². The van der Waals surface area contributed by atoms with Gasteiger partial charge < -0.3 is 5.32 Å². The minimum atomic E-state index is -0.661. The summed E-state index contributed by atoms with van der Waals surface area (Å²) in [5.41, 5.74) is 0. The summed E-state index contributed by atoms with van der Waals surface area (Å²) in [6, 6.07) is 0.858. The van der Waals surface area contributed by atoms with Crippen LogP contribution in [0.3, 0.4) is 0 Å². The molecule has 0 saturated carbocycles. The molecule has 0 aromatic carbocycles. The van der Waals surface area contributed by atoms with Crippen LogP contribution in [0.15, 0.2) is 11.1 Å². The fourth-order valence-electron chi connectivity index (χ4n) is 0.925. The van der Waals surface area contributed by atoms with Gasteiger partial charge in [-0.05, 0) is 12.2 Å². The zero-order valence-electron chi connectivity index (χ0n) is 8.10. The molecule has 0 unspecified atom stereocenters.